The Labute approximate surface area is 198 Å². The van der Waals surface area contributed by atoms with Crippen molar-refractivity contribution in [3.63, 3.8) is 0 Å². The van der Waals surface area contributed by atoms with Crippen molar-refractivity contribution >= 4 is 33.6 Å². The third-order valence-electron chi connectivity index (χ3n) is 6.42. The maximum atomic E-state index is 6.14. The Morgan fingerprint density at radius 3 is 2.79 bits per heavy atom. The molecule has 6 rings (SSSR count). The zero-order valence-electron chi connectivity index (χ0n) is 19.4. The predicted molar refractivity (Wildman–Crippen MR) is 139 cm³/mol. The van der Waals surface area contributed by atoms with E-state index in [1.54, 1.807) is 0 Å². The van der Waals surface area contributed by atoms with Gasteiger partial charge in [0.2, 0.25) is 5.95 Å². The molecule has 0 saturated carbocycles. The molecule has 0 atom stereocenters. The van der Waals surface area contributed by atoms with Crippen LogP contribution in [-0.4, -0.2) is 34.6 Å². The summed E-state index contributed by atoms with van der Waals surface area (Å²) in [6.45, 7) is 7.26. The largest absolute Gasteiger partial charge is 0.491 e. The Bertz CT molecular complexity index is 1510. The molecule has 0 fully saturated rings. The summed E-state index contributed by atoms with van der Waals surface area (Å²) in [4.78, 5) is 14.9. The minimum atomic E-state index is 0.648. The van der Waals surface area contributed by atoms with E-state index in [4.69, 9.17) is 4.74 Å². The fraction of sp³-hybridized carbons (Fsp3) is 0.214. The standard InChI is InChI=1S/C28H27N5O/c1-3-29-28-31-23-8-5-20(16-25(23)32-28)19-6-9-27-21(15-19)17-33(12-13-34-27)26-10-11-30-24-14-18(2)4-7-22(24)26/h4-11,14-16H,3,12-13,17H2,1-2H3,(H2,29,31,32). The van der Waals surface area contributed by atoms with Crippen LogP contribution in [0.15, 0.2) is 66.9 Å². The lowest BCUT2D eigenvalue weighted by atomic mass is 10.0. The normalized spacial score (nSPS) is 13.5. The zero-order valence-corrected chi connectivity index (χ0v) is 19.4. The second-order valence-electron chi connectivity index (χ2n) is 8.79. The summed E-state index contributed by atoms with van der Waals surface area (Å²) in [6.07, 6.45) is 1.90. The average Bonchev–Trinajstić information content (AvgIpc) is 3.13. The van der Waals surface area contributed by atoms with Crippen LogP contribution in [0, 0.1) is 6.92 Å². The number of aryl methyl sites for hydroxylation is 1. The molecule has 1 aliphatic heterocycles. The Morgan fingerprint density at radius 2 is 1.88 bits per heavy atom. The second kappa shape index (κ2) is 8.37. The van der Waals surface area contributed by atoms with Crippen LogP contribution in [-0.2, 0) is 6.54 Å². The van der Waals surface area contributed by atoms with Gasteiger partial charge in [0.05, 0.1) is 23.1 Å². The summed E-state index contributed by atoms with van der Waals surface area (Å²) in [5.74, 6) is 1.76. The van der Waals surface area contributed by atoms with Crippen molar-refractivity contribution in [1.29, 1.82) is 0 Å². The number of aromatic amines is 1. The van der Waals surface area contributed by atoms with Crippen molar-refractivity contribution in [3.05, 3.63) is 78.0 Å². The van der Waals surface area contributed by atoms with Crippen LogP contribution < -0.4 is 15.0 Å². The maximum absolute atomic E-state index is 6.14. The van der Waals surface area contributed by atoms with Crippen LogP contribution in [0.4, 0.5) is 11.6 Å². The molecular weight excluding hydrogens is 422 g/mol. The number of fused-ring (bicyclic) bond motifs is 3. The number of ether oxygens (including phenoxy) is 1. The van der Waals surface area contributed by atoms with Crippen molar-refractivity contribution in [2.24, 2.45) is 0 Å². The minimum absolute atomic E-state index is 0.648. The van der Waals surface area contributed by atoms with E-state index in [2.05, 4.69) is 99.7 Å². The molecule has 0 aliphatic carbocycles. The molecule has 6 heteroatoms. The monoisotopic (exact) mass is 449 g/mol. The number of pyridine rings is 1. The van der Waals surface area contributed by atoms with E-state index in [1.165, 1.54) is 27.8 Å². The van der Waals surface area contributed by atoms with Crippen LogP contribution in [0.5, 0.6) is 5.75 Å². The molecule has 0 spiro atoms. The van der Waals surface area contributed by atoms with Gasteiger partial charge in [0.1, 0.15) is 12.4 Å². The molecular formula is C28H27N5O. The number of nitrogens with one attached hydrogen (secondary N) is 2. The molecule has 1 aliphatic rings. The van der Waals surface area contributed by atoms with Gasteiger partial charge in [0.15, 0.2) is 0 Å². The molecule has 2 aromatic heterocycles. The third-order valence-corrected chi connectivity index (χ3v) is 6.42. The zero-order chi connectivity index (χ0) is 23.1. The summed E-state index contributed by atoms with van der Waals surface area (Å²) in [5.41, 5.74) is 8.94. The van der Waals surface area contributed by atoms with E-state index < -0.39 is 0 Å². The van der Waals surface area contributed by atoms with E-state index in [0.29, 0.717) is 6.61 Å². The number of hydrogen-bond donors (Lipinski definition) is 2. The minimum Gasteiger partial charge on any atom is -0.491 e. The van der Waals surface area contributed by atoms with Crippen molar-refractivity contribution in [1.82, 2.24) is 15.0 Å². The van der Waals surface area contributed by atoms with Gasteiger partial charge in [0, 0.05) is 35.9 Å². The highest BCUT2D eigenvalue weighted by molar-refractivity contribution is 5.92. The topological polar surface area (TPSA) is 66.1 Å². The van der Waals surface area contributed by atoms with E-state index in [0.717, 1.165) is 53.4 Å². The third kappa shape index (κ3) is 3.71. The fourth-order valence-electron chi connectivity index (χ4n) is 4.74. The van der Waals surface area contributed by atoms with Crippen LogP contribution >= 0.6 is 0 Å². The number of rotatable bonds is 4. The first-order valence-corrected chi connectivity index (χ1v) is 11.8. The van der Waals surface area contributed by atoms with Crippen molar-refractivity contribution in [3.8, 4) is 16.9 Å². The fourth-order valence-corrected chi connectivity index (χ4v) is 4.74. The molecule has 0 radical (unpaired) electrons. The van der Waals surface area contributed by atoms with Gasteiger partial charge in [-0.15, -0.1) is 0 Å². The number of aromatic nitrogens is 3. The van der Waals surface area contributed by atoms with E-state index in [1.807, 2.05) is 6.20 Å². The van der Waals surface area contributed by atoms with Gasteiger partial charge in [0.25, 0.3) is 0 Å². The van der Waals surface area contributed by atoms with Gasteiger partial charge < -0.3 is 19.9 Å². The molecule has 0 amide bonds. The molecule has 0 unspecified atom stereocenters. The molecule has 0 saturated heterocycles. The first-order valence-electron chi connectivity index (χ1n) is 11.8. The van der Waals surface area contributed by atoms with Gasteiger partial charge in [-0.3, -0.25) is 4.98 Å². The Morgan fingerprint density at radius 1 is 1.00 bits per heavy atom. The highest BCUT2D eigenvalue weighted by Crippen LogP contribution is 2.34. The SMILES string of the molecule is CCNc1nc2ccc(-c3ccc4c(c3)CN(c3ccnc5cc(C)ccc35)CCO4)cc2[nH]1. The average molecular weight is 450 g/mol. The summed E-state index contributed by atoms with van der Waals surface area (Å²) in [6, 6.07) is 21.5. The number of nitrogens with zero attached hydrogens (tertiary/aromatic N) is 3. The van der Waals surface area contributed by atoms with Crippen molar-refractivity contribution < 1.29 is 4.74 Å². The van der Waals surface area contributed by atoms with E-state index in [-0.39, 0.29) is 0 Å². The predicted octanol–water partition coefficient (Wildman–Crippen LogP) is 5.92. The summed E-state index contributed by atoms with van der Waals surface area (Å²) in [5, 5.41) is 4.42. The highest BCUT2D eigenvalue weighted by Gasteiger charge is 2.19. The lowest BCUT2D eigenvalue weighted by Gasteiger charge is -2.24. The van der Waals surface area contributed by atoms with Crippen LogP contribution in [0.25, 0.3) is 33.1 Å². The first-order chi connectivity index (χ1) is 16.7. The van der Waals surface area contributed by atoms with Crippen molar-refractivity contribution in [2.75, 3.05) is 29.9 Å². The molecule has 0 bridgehead atoms. The Balaban J connectivity index is 1.36. The van der Waals surface area contributed by atoms with Gasteiger partial charge in [-0.2, -0.15) is 0 Å². The molecule has 5 aromatic rings. The highest BCUT2D eigenvalue weighted by atomic mass is 16.5. The smallest absolute Gasteiger partial charge is 0.201 e. The first kappa shape index (κ1) is 20.5. The van der Waals surface area contributed by atoms with Crippen LogP contribution in [0.2, 0.25) is 0 Å². The summed E-state index contributed by atoms with van der Waals surface area (Å²) >= 11 is 0. The van der Waals surface area contributed by atoms with Gasteiger partial charge >= 0.3 is 0 Å². The second-order valence-corrected chi connectivity index (χ2v) is 8.79. The lowest BCUT2D eigenvalue weighted by molar-refractivity contribution is 0.332. The molecule has 3 heterocycles. The van der Waals surface area contributed by atoms with E-state index in [9.17, 15) is 0 Å². The number of imidazole rings is 1. The van der Waals surface area contributed by atoms with E-state index >= 15 is 0 Å². The molecule has 3 aromatic carbocycles. The van der Waals surface area contributed by atoms with Gasteiger partial charge in [-0.25, -0.2) is 4.98 Å². The number of hydrogen-bond acceptors (Lipinski definition) is 5. The van der Waals surface area contributed by atoms with Crippen LogP contribution in [0.3, 0.4) is 0 Å². The quantitative estimate of drug-likeness (QED) is 0.357. The maximum Gasteiger partial charge on any atom is 0.201 e. The molecule has 170 valence electrons. The van der Waals surface area contributed by atoms with Crippen molar-refractivity contribution in [2.45, 2.75) is 20.4 Å². The Hall–Kier alpha value is -4.06. The van der Waals surface area contributed by atoms with Gasteiger partial charge in [-0.1, -0.05) is 24.3 Å². The number of benzene rings is 3. The molecule has 34 heavy (non-hydrogen) atoms. The number of H-pyrrole nitrogens is 1. The van der Waals surface area contributed by atoms with Crippen LogP contribution in [0.1, 0.15) is 18.1 Å². The summed E-state index contributed by atoms with van der Waals surface area (Å²) in [7, 11) is 0. The van der Waals surface area contributed by atoms with Gasteiger partial charge in [-0.05, 0) is 66.9 Å². The summed E-state index contributed by atoms with van der Waals surface area (Å²) < 4.78 is 6.14. The number of anilines is 2. The lowest BCUT2D eigenvalue weighted by Crippen LogP contribution is -2.25. The Kier molecular flexibility index (Phi) is 5.06. The molecule has 2 N–H and O–H groups in total. The molecule has 6 nitrogen and oxygen atoms in total.